The highest BCUT2D eigenvalue weighted by Gasteiger charge is 2.14. The zero-order valence-electron chi connectivity index (χ0n) is 13.6. The molecular weight excluding hydrogens is 272 g/mol. The van der Waals surface area contributed by atoms with Crippen LogP contribution in [0, 0.1) is 20.8 Å². The van der Waals surface area contributed by atoms with E-state index in [1.54, 1.807) is 0 Å². The fraction of sp³-hybridized carbons (Fsp3) is 0.333. The monoisotopic (exact) mass is 294 g/mol. The third-order valence-electron chi connectivity index (χ3n) is 3.83. The maximum atomic E-state index is 4.80. The lowest BCUT2D eigenvalue weighted by atomic mass is 10.1. The second kappa shape index (κ2) is 5.79. The number of hydrogen-bond donors (Lipinski definition) is 1. The van der Waals surface area contributed by atoms with Gasteiger partial charge in [-0.2, -0.15) is 9.61 Å². The molecule has 4 heteroatoms. The van der Waals surface area contributed by atoms with Crippen molar-refractivity contribution in [2.24, 2.45) is 0 Å². The number of rotatable bonds is 4. The lowest BCUT2D eigenvalue weighted by molar-refractivity contribution is 0.899. The summed E-state index contributed by atoms with van der Waals surface area (Å²) in [6, 6.07) is 10.5. The maximum absolute atomic E-state index is 4.80. The van der Waals surface area contributed by atoms with Crippen molar-refractivity contribution in [1.29, 1.82) is 0 Å². The predicted molar refractivity (Wildman–Crippen MR) is 91.4 cm³/mol. The number of fused-ring (bicyclic) bond motifs is 1. The van der Waals surface area contributed by atoms with Crippen LogP contribution in [0.4, 0.5) is 5.82 Å². The van der Waals surface area contributed by atoms with E-state index in [2.05, 4.69) is 55.3 Å². The van der Waals surface area contributed by atoms with Gasteiger partial charge < -0.3 is 5.32 Å². The molecule has 0 aliphatic heterocycles. The molecule has 0 saturated carbocycles. The van der Waals surface area contributed by atoms with Gasteiger partial charge in [0, 0.05) is 29.4 Å². The molecule has 114 valence electrons. The van der Waals surface area contributed by atoms with E-state index in [9.17, 15) is 0 Å². The summed E-state index contributed by atoms with van der Waals surface area (Å²) >= 11 is 0. The molecule has 4 nitrogen and oxygen atoms in total. The molecule has 1 N–H and O–H groups in total. The third-order valence-corrected chi connectivity index (χ3v) is 3.83. The van der Waals surface area contributed by atoms with Crippen molar-refractivity contribution in [2.45, 2.75) is 34.1 Å². The zero-order valence-corrected chi connectivity index (χ0v) is 13.6. The van der Waals surface area contributed by atoms with Crippen molar-refractivity contribution in [2.75, 3.05) is 11.9 Å². The fourth-order valence-corrected chi connectivity index (χ4v) is 2.61. The lowest BCUT2D eigenvalue weighted by Crippen LogP contribution is -2.07. The van der Waals surface area contributed by atoms with Crippen molar-refractivity contribution in [1.82, 2.24) is 14.6 Å². The second-order valence-corrected chi connectivity index (χ2v) is 5.78. The van der Waals surface area contributed by atoms with Crippen LogP contribution in [0.2, 0.25) is 0 Å². The zero-order chi connectivity index (χ0) is 15.7. The Morgan fingerprint density at radius 1 is 1.09 bits per heavy atom. The molecule has 0 radical (unpaired) electrons. The summed E-state index contributed by atoms with van der Waals surface area (Å²) in [5.41, 5.74) is 6.43. The average Bonchev–Trinajstić information content (AvgIpc) is 2.83. The molecule has 0 fully saturated rings. The molecule has 3 aromatic rings. The molecule has 3 rings (SSSR count). The van der Waals surface area contributed by atoms with Gasteiger partial charge in [0.15, 0.2) is 5.65 Å². The minimum Gasteiger partial charge on any atom is -0.370 e. The molecule has 0 unspecified atom stereocenters. The van der Waals surface area contributed by atoms with Crippen LogP contribution in [0.3, 0.4) is 0 Å². The van der Waals surface area contributed by atoms with Gasteiger partial charge in [0.2, 0.25) is 0 Å². The van der Waals surface area contributed by atoms with Gasteiger partial charge in [-0.1, -0.05) is 36.8 Å². The summed E-state index contributed by atoms with van der Waals surface area (Å²) in [5.74, 6) is 1.01. The molecule has 0 aliphatic rings. The van der Waals surface area contributed by atoms with Crippen LogP contribution in [0.5, 0.6) is 0 Å². The number of hydrogen-bond acceptors (Lipinski definition) is 3. The van der Waals surface area contributed by atoms with Gasteiger partial charge in [-0.15, -0.1) is 0 Å². The molecule has 0 amide bonds. The Kier molecular flexibility index (Phi) is 3.84. The molecule has 0 bridgehead atoms. The minimum absolute atomic E-state index is 0.925. The van der Waals surface area contributed by atoms with Crippen LogP contribution in [0.25, 0.3) is 16.9 Å². The van der Waals surface area contributed by atoms with Crippen molar-refractivity contribution in [3.63, 3.8) is 0 Å². The van der Waals surface area contributed by atoms with E-state index in [-0.39, 0.29) is 0 Å². The summed E-state index contributed by atoms with van der Waals surface area (Å²) < 4.78 is 1.92. The summed E-state index contributed by atoms with van der Waals surface area (Å²) in [5, 5.41) is 8.24. The molecule has 2 aromatic heterocycles. The van der Waals surface area contributed by atoms with Gasteiger partial charge in [-0.3, -0.25) is 0 Å². The Morgan fingerprint density at radius 2 is 1.82 bits per heavy atom. The lowest BCUT2D eigenvalue weighted by Gasteiger charge is -2.07. The Hall–Kier alpha value is -2.36. The van der Waals surface area contributed by atoms with Gasteiger partial charge in [-0.25, -0.2) is 4.98 Å². The Balaban J connectivity index is 2.17. The third kappa shape index (κ3) is 2.56. The van der Waals surface area contributed by atoms with Crippen LogP contribution >= 0.6 is 0 Å². The molecule has 2 heterocycles. The maximum Gasteiger partial charge on any atom is 0.161 e. The number of nitrogens with one attached hydrogen (secondary N) is 1. The predicted octanol–water partition coefficient (Wildman–Crippen LogP) is 4.14. The molecule has 1 aromatic carbocycles. The van der Waals surface area contributed by atoms with E-state index in [0.29, 0.717) is 0 Å². The molecule has 0 saturated heterocycles. The quantitative estimate of drug-likeness (QED) is 0.786. The summed E-state index contributed by atoms with van der Waals surface area (Å²) in [4.78, 5) is 4.67. The average molecular weight is 294 g/mol. The highest BCUT2D eigenvalue weighted by molar-refractivity contribution is 5.71. The van der Waals surface area contributed by atoms with Gasteiger partial charge in [-0.05, 0) is 27.2 Å². The largest absolute Gasteiger partial charge is 0.370 e. The second-order valence-electron chi connectivity index (χ2n) is 5.78. The first-order valence-corrected chi connectivity index (χ1v) is 7.78. The summed E-state index contributed by atoms with van der Waals surface area (Å²) in [6.07, 6.45) is 1.08. The molecular formula is C18H22N4. The van der Waals surface area contributed by atoms with Crippen molar-refractivity contribution in [3.05, 3.63) is 47.2 Å². The van der Waals surface area contributed by atoms with Gasteiger partial charge in [0.25, 0.3) is 0 Å². The fourth-order valence-electron chi connectivity index (χ4n) is 2.61. The molecule has 22 heavy (non-hydrogen) atoms. The highest BCUT2D eigenvalue weighted by atomic mass is 15.3. The Labute approximate surface area is 131 Å². The van der Waals surface area contributed by atoms with Crippen LogP contribution < -0.4 is 5.32 Å². The van der Waals surface area contributed by atoms with Crippen molar-refractivity contribution in [3.8, 4) is 11.3 Å². The Bertz CT molecular complexity index is 800. The molecule has 0 aliphatic carbocycles. The SMILES string of the molecule is CCCNc1cc(C)nc2c(C)c(-c3ccc(C)cc3)nn12. The standard InChI is InChI=1S/C18H22N4/c1-5-10-19-16-11-13(3)20-18-14(4)17(21-22(16)18)15-8-6-12(2)7-9-15/h6-9,11,19H,5,10H2,1-4H3. The van der Waals surface area contributed by atoms with E-state index in [0.717, 1.165) is 46.9 Å². The van der Waals surface area contributed by atoms with E-state index in [1.165, 1.54) is 5.56 Å². The first-order chi connectivity index (χ1) is 10.6. The number of benzene rings is 1. The summed E-state index contributed by atoms with van der Waals surface area (Å²) in [6.45, 7) is 9.29. The van der Waals surface area contributed by atoms with E-state index in [4.69, 9.17) is 5.10 Å². The van der Waals surface area contributed by atoms with E-state index >= 15 is 0 Å². The van der Waals surface area contributed by atoms with Crippen LogP contribution in [-0.4, -0.2) is 21.1 Å². The number of aryl methyl sites for hydroxylation is 3. The molecule has 0 spiro atoms. The summed E-state index contributed by atoms with van der Waals surface area (Å²) in [7, 11) is 0. The van der Waals surface area contributed by atoms with Crippen molar-refractivity contribution >= 4 is 11.5 Å². The molecule has 0 atom stereocenters. The highest BCUT2D eigenvalue weighted by Crippen LogP contribution is 2.27. The first-order valence-electron chi connectivity index (χ1n) is 7.78. The van der Waals surface area contributed by atoms with Crippen LogP contribution in [0.1, 0.15) is 30.2 Å². The van der Waals surface area contributed by atoms with Crippen LogP contribution in [0.15, 0.2) is 30.3 Å². The van der Waals surface area contributed by atoms with E-state index < -0.39 is 0 Å². The topological polar surface area (TPSA) is 42.2 Å². The van der Waals surface area contributed by atoms with Gasteiger partial charge in [0.05, 0.1) is 5.69 Å². The van der Waals surface area contributed by atoms with Gasteiger partial charge >= 0.3 is 0 Å². The van der Waals surface area contributed by atoms with Gasteiger partial charge in [0.1, 0.15) is 5.82 Å². The normalized spacial score (nSPS) is 11.1. The first kappa shape index (κ1) is 14.6. The smallest absolute Gasteiger partial charge is 0.161 e. The minimum atomic E-state index is 0.925. The Morgan fingerprint density at radius 3 is 2.50 bits per heavy atom. The van der Waals surface area contributed by atoms with Crippen molar-refractivity contribution < 1.29 is 0 Å². The van der Waals surface area contributed by atoms with E-state index in [1.807, 2.05) is 17.5 Å². The van der Waals surface area contributed by atoms with Crippen LogP contribution in [-0.2, 0) is 0 Å². The number of anilines is 1. The number of nitrogens with zero attached hydrogens (tertiary/aromatic N) is 3. The number of aromatic nitrogens is 3.